The lowest BCUT2D eigenvalue weighted by Crippen LogP contribution is -2.59. The molecule has 1 rings (SSSR count). The first-order valence-corrected chi connectivity index (χ1v) is 5.64. The maximum atomic E-state index is 11.5. The third kappa shape index (κ3) is 4.54. The van der Waals surface area contributed by atoms with Crippen molar-refractivity contribution in [2.75, 3.05) is 26.2 Å². The minimum atomic E-state index is -1.15. The van der Waals surface area contributed by atoms with Gasteiger partial charge in [0.05, 0.1) is 19.7 Å². The Kier molecular flexibility index (Phi) is 5.24. The molecular weight excluding hydrogens is 258 g/mol. The predicted molar refractivity (Wildman–Crippen MR) is 61.2 cm³/mol. The van der Waals surface area contributed by atoms with Crippen LogP contribution in [0.25, 0.3) is 0 Å². The molecule has 1 saturated heterocycles. The molecule has 106 valence electrons. The summed E-state index contributed by atoms with van der Waals surface area (Å²) in [6.45, 7) is 1.03. The van der Waals surface area contributed by atoms with Crippen LogP contribution in [0.2, 0.25) is 0 Å². The molecule has 3 N–H and O–H groups in total. The molecule has 0 aromatic carbocycles. The van der Waals surface area contributed by atoms with Crippen molar-refractivity contribution in [2.45, 2.75) is 13.0 Å². The summed E-state index contributed by atoms with van der Waals surface area (Å²) in [7, 11) is 0. The number of nitrogens with zero attached hydrogens (tertiary/aromatic N) is 1. The molecular formula is C10H15N3O6. The maximum Gasteiger partial charge on any atom is 0.413 e. The van der Waals surface area contributed by atoms with Gasteiger partial charge in [-0.15, -0.1) is 0 Å². The van der Waals surface area contributed by atoms with Gasteiger partial charge in [-0.1, -0.05) is 0 Å². The van der Waals surface area contributed by atoms with Crippen LogP contribution >= 0.6 is 0 Å². The van der Waals surface area contributed by atoms with E-state index < -0.39 is 24.0 Å². The van der Waals surface area contributed by atoms with Crippen molar-refractivity contribution in [1.82, 2.24) is 15.5 Å². The van der Waals surface area contributed by atoms with Crippen LogP contribution in [0, 0.1) is 0 Å². The van der Waals surface area contributed by atoms with Gasteiger partial charge in [-0.25, -0.2) is 4.79 Å². The predicted octanol–water partition coefficient (Wildman–Crippen LogP) is -1.86. The van der Waals surface area contributed by atoms with E-state index in [2.05, 4.69) is 10.1 Å². The van der Waals surface area contributed by atoms with Gasteiger partial charge in [-0.2, -0.15) is 0 Å². The van der Waals surface area contributed by atoms with Crippen LogP contribution in [-0.4, -0.2) is 66.2 Å². The molecule has 1 aliphatic rings. The minimum Gasteiger partial charge on any atom is -0.480 e. The molecule has 0 aromatic rings. The number of imide groups is 1. The number of carbonyl (C=O) groups is 4. The van der Waals surface area contributed by atoms with E-state index in [1.807, 2.05) is 5.32 Å². The van der Waals surface area contributed by atoms with Crippen LogP contribution in [0.3, 0.4) is 0 Å². The zero-order valence-electron chi connectivity index (χ0n) is 10.3. The van der Waals surface area contributed by atoms with Gasteiger partial charge in [0.15, 0.2) is 0 Å². The van der Waals surface area contributed by atoms with Crippen molar-refractivity contribution < 1.29 is 29.0 Å². The quantitative estimate of drug-likeness (QED) is 0.548. The molecule has 0 aromatic heterocycles. The molecule has 1 unspecified atom stereocenters. The Morgan fingerprint density at radius 1 is 1.53 bits per heavy atom. The minimum absolute atomic E-state index is 0.0825. The number of carbonyl (C=O) groups excluding carboxylic acids is 3. The Morgan fingerprint density at radius 2 is 2.21 bits per heavy atom. The molecule has 1 heterocycles. The van der Waals surface area contributed by atoms with Gasteiger partial charge in [0.1, 0.15) is 6.04 Å². The summed E-state index contributed by atoms with van der Waals surface area (Å²) in [5.74, 6) is -2.25. The molecule has 0 radical (unpaired) electrons. The molecule has 1 atom stereocenters. The number of hydrogen-bond donors (Lipinski definition) is 3. The Labute approximate surface area is 108 Å². The highest BCUT2D eigenvalue weighted by Gasteiger charge is 2.33. The van der Waals surface area contributed by atoms with Crippen molar-refractivity contribution in [3.8, 4) is 0 Å². The Bertz CT molecular complexity index is 397. The number of ether oxygens (including phenoxy) is 1. The van der Waals surface area contributed by atoms with E-state index in [-0.39, 0.29) is 32.1 Å². The largest absolute Gasteiger partial charge is 0.480 e. The summed E-state index contributed by atoms with van der Waals surface area (Å²) in [5, 5.41) is 13.3. The molecule has 9 heteroatoms. The van der Waals surface area contributed by atoms with E-state index in [1.54, 1.807) is 6.92 Å². The molecule has 19 heavy (non-hydrogen) atoms. The van der Waals surface area contributed by atoms with Gasteiger partial charge in [-0.05, 0) is 6.92 Å². The van der Waals surface area contributed by atoms with E-state index in [4.69, 9.17) is 5.11 Å². The third-order valence-electron chi connectivity index (χ3n) is 2.43. The molecule has 1 fully saturated rings. The lowest BCUT2D eigenvalue weighted by Gasteiger charge is -2.31. The number of piperazine rings is 1. The summed E-state index contributed by atoms with van der Waals surface area (Å²) in [5.41, 5.74) is 0. The smallest absolute Gasteiger partial charge is 0.413 e. The van der Waals surface area contributed by atoms with Crippen LogP contribution in [0.15, 0.2) is 0 Å². The van der Waals surface area contributed by atoms with Crippen molar-refractivity contribution in [2.24, 2.45) is 0 Å². The molecule has 1 aliphatic heterocycles. The van der Waals surface area contributed by atoms with Crippen molar-refractivity contribution in [3.63, 3.8) is 0 Å². The molecule has 3 amide bonds. The lowest BCUT2D eigenvalue weighted by molar-refractivity contribution is -0.146. The average Bonchev–Trinajstić information content (AvgIpc) is 2.28. The monoisotopic (exact) mass is 273 g/mol. The molecule has 0 aliphatic carbocycles. The highest BCUT2D eigenvalue weighted by Crippen LogP contribution is 2.03. The van der Waals surface area contributed by atoms with Crippen molar-refractivity contribution >= 4 is 23.9 Å². The molecule has 9 nitrogen and oxygen atoms in total. The molecule has 0 bridgehead atoms. The van der Waals surface area contributed by atoms with Gasteiger partial charge >= 0.3 is 12.1 Å². The Hall–Kier alpha value is -2.16. The summed E-state index contributed by atoms with van der Waals surface area (Å²) in [6, 6.07) is -0.995. The zero-order chi connectivity index (χ0) is 14.4. The second-order valence-electron chi connectivity index (χ2n) is 3.83. The fourth-order valence-corrected chi connectivity index (χ4v) is 1.60. The van der Waals surface area contributed by atoms with E-state index in [9.17, 15) is 19.2 Å². The van der Waals surface area contributed by atoms with E-state index in [0.717, 1.165) is 0 Å². The number of amides is 3. The summed E-state index contributed by atoms with van der Waals surface area (Å²) < 4.78 is 4.51. The van der Waals surface area contributed by atoms with E-state index in [0.29, 0.717) is 0 Å². The number of alkyl carbamates (subject to hydrolysis) is 1. The maximum absolute atomic E-state index is 11.5. The highest BCUT2D eigenvalue weighted by molar-refractivity contribution is 5.93. The van der Waals surface area contributed by atoms with Gasteiger partial charge < -0.3 is 15.2 Å². The first-order chi connectivity index (χ1) is 8.93. The van der Waals surface area contributed by atoms with Gasteiger partial charge in [0.2, 0.25) is 11.8 Å². The number of carboxylic acid groups (broad SMARTS) is 1. The number of rotatable bonds is 4. The zero-order valence-corrected chi connectivity index (χ0v) is 10.3. The lowest BCUT2D eigenvalue weighted by atomic mass is 10.2. The van der Waals surface area contributed by atoms with Crippen LogP contribution in [0.1, 0.15) is 6.92 Å². The second kappa shape index (κ2) is 6.69. The second-order valence-corrected chi connectivity index (χ2v) is 3.83. The van der Waals surface area contributed by atoms with Crippen LogP contribution in [-0.2, 0) is 19.1 Å². The number of carboxylic acids is 1. The van der Waals surface area contributed by atoms with Gasteiger partial charge in [0.25, 0.3) is 0 Å². The van der Waals surface area contributed by atoms with Crippen molar-refractivity contribution in [3.05, 3.63) is 0 Å². The topological polar surface area (TPSA) is 125 Å². The van der Waals surface area contributed by atoms with E-state index in [1.165, 1.54) is 4.90 Å². The average molecular weight is 273 g/mol. The summed E-state index contributed by atoms with van der Waals surface area (Å²) in [6.07, 6.45) is -0.902. The number of aliphatic carboxylic acids is 1. The van der Waals surface area contributed by atoms with Gasteiger partial charge in [0, 0.05) is 6.54 Å². The Morgan fingerprint density at radius 3 is 2.79 bits per heavy atom. The first-order valence-electron chi connectivity index (χ1n) is 5.64. The summed E-state index contributed by atoms with van der Waals surface area (Å²) >= 11 is 0. The van der Waals surface area contributed by atoms with Crippen molar-refractivity contribution in [1.29, 1.82) is 0 Å². The molecule has 0 spiro atoms. The fourth-order valence-electron chi connectivity index (χ4n) is 1.60. The standard InChI is InChI=1S/C10H15N3O6/c1-2-19-10(18)12-8(15)5-13-4-7(14)11-3-6(13)9(16)17/h6H,2-5H2,1H3,(H,11,14)(H,16,17)(H,12,15,18). The SMILES string of the molecule is CCOC(=O)NC(=O)CN1CC(=O)NCC1C(=O)O. The molecule has 0 saturated carbocycles. The highest BCUT2D eigenvalue weighted by atomic mass is 16.5. The van der Waals surface area contributed by atoms with E-state index >= 15 is 0 Å². The summed E-state index contributed by atoms with van der Waals surface area (Å²) in [4.78, 5) is 45.8. The number of nitrogens with one attached hydrogen (secondary N) is 2. The van der Waals surface area contributed by atoms with Crippen LogP contribution in [0.4, 0.5) is 4.79 Å². The normalized spacial score (nSPS) is 19.4. The van der Waals surface area contributed by atoms with Crippen LogP contribution in [0.5, 0.6) is 0 Å². The van der Waals surface area contributed by atoms with Crippen LogP contribution < -0.4 is 10.6 Å². The van der Waals surface area contributed by atoms with Gasteiger partial charge in [-0.3, -0.25) is 24.6 Å². The fraction of sp³-hybridized carbons (Fsp3) is 0.600. The Balaban J connectivity index is 2.56. The first kappa shape index (κ1) is 14.9. The number of hydrogen-bond acceptors (Lipinski definition) is 6. The third-order valence-corrected chi connectivity index (χ3v) is 2.43.